The third kappa shape index (κ3) is 3.06. The molecule has 1 unspecified atom stereocenters. The van der Waals surface area contributed by atoms with Crippen molar-refractivity contribution in [3.05, 3.63) is 71.3 Å². The second-order valence-corrected chi connectivity index (χ2v) is 6.15. The molecule has 2 nitrogen and oxygen atoms in total. The fraction of sp³-hybridized carbons (Fsp3) is 0.316. The van der Waals surface area contributed by atoms with E-state index in [1.165, 1.54) is 12.0 Å². The zero-order chi connectivity index (χ0) is 14.7. The number of nitrogens with one attached hydrogen (secondary N) is 1. The zero-order valence-corrected chi connectivity index (χ0v) is 12.4. The summed E-state index contributed by atoms with van der Waals surface area (Å²) in [5.41, 5.74) is 3.47. The van der Waals surface area contributed by atoms with Gasteiger partial charge in [0.05, 0.1) is 0 Å². The van der Waals surface area contributed by atoms with Crippen LogP contribution in [0.3, 0.4) is 0 Å². The molecule has 2 aromatic rings. The minimum Gasteiger partial charge on any atom is -0.316 e. The van der Waals surface area contributed by atoms with Crippen LogP contribution < -0.4 is 5.32 Å². The van der Waals surface area contributed by atoms with Crippen molar-refractivity contribution in [2.45, 2.75) is 25.2 Å². The smallest absolute Gasteiger partial charge is 0.167 e. The average Bonchev–Trinajstić information content (AvgIpc) is 2.97. The van der Waals surface area contributed by atoms with Gasteiger partial charge in [-0.1, -0.05) is 61.5 Å². The molecule has 2 heteroatoms. The maximum atomic E-state index is 12.2. The Bertz CT molecular complexity index is 610. The van der Waals surface area contributed by atoms with Crippen LogP contribution in [0.25, 0.3) is 0 Å². The normalized spacial score (nSPS) is 21.4. The van der Waals surface area contributed by atoms with Crippen LogP contribution in [0.15, 0.2) is 54.6 Å². The van der Waals surface area contributed by atoms with Gasteiger partial charge in [0.25, 0.3) is 0 Å². The van der Waals surface area contributed by atoms with Crippen LogP contribution in [0.2, 0.25) is 0 Å². The van der Waals surface area contributed by atoms with E-state index in [-0.39, 0.29) is 11.2 Å². The molecule has 108 valence electrons. The molecule has 0 bridgehead atoms. The second-order valence-electron chi connectivity index (χ2n) is 6.15. The van der Waals surface area contributed by atoms with E-state index in [9.17, 15) is 4.79 Å². The Morgan fingerprint density at radius 3 is 2.43 bits per heavy atom. The van der Waals surface area contributed by atoms with Gasteiger partial charge in [-0.15, -0.1) is 0 Å². The summed E-state index contributed by atoms with van der Waals surface area (Å²) < 4.78 is 0. The van der Waals surface area contributed by atoms with E-state index in [0.29, 0.717) is 6.42 Å². The topological polar surface area (TPSA) is 29.1 Å². The van der Waals surface area contributed by atoms with Crippen molar-refractivity contribution >= 4 is 5.78 Å². The number of hydrogen-bond acceptors (Lipinski definition) is 2. The molecule has 0 spiro atoms. The SMILES string of the molecule is CC1(c2ccc(CC(=O)c3ccccc3)cc2)CCNC1. The van der Waals surface area contributed by atoms with Gasteiger partial charge in [-0.25, -0.2) is 0 Å². The molecule has 0 radical (unpaired) electrons. The summed E-state index contributed by atoms with van der Waals surface area (Å²) >= 11 is 0. The Kier molecular flexibility index (Phi) is 3.89. The summed E-state index contributed by atoms with van der Waals surface area (Å²) in [5, 5.41) is 3.43. The van der Waals surface area contributed by atoms with Crippen molar-refractivity contribution in [3.63, 3.8) is 0 Å². The van der Waals surface area contributed by atoms with Crippen LogP contribution in [0.1, 0.15) is 34.8 Å². The maximum absolute atomic E-state index is 12.2. The average molecular weight is 279 g/mol. The van der Waals surface area contributed by atoms with Crippen LogP contribution in [0.5, 0.6) is 0 Å². The highest BCUT2D eigenvalue weighted by Gasteiger charge is 2.30. The molecule has 21 heavy (non-hydrogen) atoms. The van der Waals surface area contributed by atoms with E-state index in [2.05, 4.69) is 36.5 Å². The van der Waals surface area contributed by atoms with Crippen LogP contribution >= 0.6 is 0 Å². The Hall–Kier alpha value is -1.93. The number of Topliss-reactive ketones (excluding diaryl/α,β-unsaturated/α-hetero) is 1. The first-order valence-electron chi connectivity index (χ1n) is 7.56. The van der Waals surface area contributed by atoms with E-state index >= 15 is 0 Å². The van der Waals surface area contributed by atoms with Crippen molar-refractivity contribution in [1.82, 2.24) is 5.32 Å². The largest absolute Gasteiger partial charge is 0.316 e. The molecular formula is C19H21NO. The summed E-state index contributed by atoms with van der Waals surface area (Å²) in [7, 11) is 0. The summed E-state index contributed by atoms with van der Waals surface area (Å²) in [4.78, 5) is 12.2. The molecule has 1 heterocycles. The van der Waals surface area contributed by atoms with Crippen LogP contribution in [0, 0.1) is 0 Å². The van der Waals surface area contributed by atoms with Crippen molar-refractivity contribution in [3.8, 4) is 0 Å². The number of benzene rings is 2. The Morgan fingerprint density at radius 1 is 1.10 bits per heavy atom. The third-order valence-corrected chi connectivity index (χ3v) is 4.48. The van der Waals surface area contributed by atoms with Gasteiger partial charge in [0.2, 0.25) is 0 Å². The molecule has 2 aromatic carbocycles. The first-order valence-corrected chi connectivity index (χ1v) is 7.56. The number of ketones is 1. The predicted octanol–water partition coefficient (Wildman–Crippen LogP) is 3.36. The molecule has 1 aliphatic heterocycles. The van der Waals surface area contributed by atoms with Gasteiger partial charge in [-0.05, 0) is 24.1 Å². The lowest BCUT2D eigenvalue weighted by Crippen LogP contribution is -2.24. The van der Waals surface area contributed by atoms with Crippen molar-refractivity contribution in [2.24, 2.45) is 0 Å². The zero-order valence-electron chi connectivity index (χ0n) is 12.4. The summed E-state index contributed by atoms with van der Waals surface area (Å²) in [6.07, 6.45) is 1.65. The highest BCUT2D eigenvalue weighted by atomic mass is 16.1. The lowest BCUT2D eigenvalue weighted by molar-refractivity contribution is 0.0993. The van der Waals surface area contributed by atoms with Gasteiger partial charge in [-0.3, -0.25) is 4.79 Å². The van der Waals surface area contributed by atoms with Crippen LogP contribution in [-0.2, 0) is 11.8 Å². The fourth-order valence-electron chi connectivity index (χ4n) is 3.00. The van der Waals surface area contributed by atoms with Crippen molar-refractivity contribution in [2.75, 3.05) is 13.1 Å². The lowest BCUT2D eigenvalue weighted by atomic mass is 9.81. The molecular weight excluding hydrogens is 258 g/mol. The molecule has 3 rings (SSSR count). The predicted molar refractivity (Wildman–Crippen MR) is 85.8 cm³/mol. The summed E-state index contributed by atoms with van der Waals surface area (Å²) in [5.74, 6) is 0.178. The fourth-order valence-corrected chi connectivity index (χ4v) is 3.00. The van der Waals surface area contributed by atoms with Crippen LogP contribution in [-0.4, -0.2) is 18.9 Å². The van der Waals surface area contributed by atoms with Gasteiger partial charge >= 0.3 is 0 Å². The third-order valence-electron chi connectivity index (χ3n) is 4.48. The van der Waals surface area contributed by atoms with E-state index in [1.807, 2.05) is 30.3 Å². The molecule has 0 aromatic heterocycles. The summed E-state index contributed by atoms with van der Waals surface area (Å²) in [6.45, 7) is 4.43. The Balaban J connectivity index is 1.71. The van der Waals surface area contributed by atoms with Gasteiger partial charge < -0.3 is 5.32 Å². The first kappa shape index (κ1) is 14.0. The Labute approximate surface area is 126 Å². The van der Waals surface area contributed by atoms with Crippen LogP contribution in [0.4, 0.5) is 0 Å². The molecule has 0 aliphatic carbocycles. The molecule has 0 saturated carbocycles. The van der Waals surface area contributed by atoms with E-state index in [0.717, 1.165) is 24.2 Å². The quantitative estimate of drug-likeness (QED) is 0.869. The minimum atomic E-state index is 0.178. The van der Waals surface area contributed by atoms with Crippen molar-refractivity contribution < 1.29 is 4.79 Å². The van der Waals surface area contributed by atoms with E-state index in [1.54, 1.807) is 0 Å². The monoisotopic (exact) mass is 279 g/mol. The highest BCUT2D eigenvalue weighted by Crippen LogP contribution is 2.30. The minimum absolute atomic E-state index is 0.178. The highest BCUT2D eigenvalue weighted by molar-refractivity contribution is 5.97. The van der Waals surface area contributed by atoms with Gasteiger partial charge in [0.1, 0.15) is 0 Å². The van der Waals surface area contributed by atoms with E-state index in [4.69, 9.17) is 0 Å². The molecule has 1 fully saturated rings. The molecule has 1 N–H and O–H groups in total. The molecule has 0 amide bonds. The molecule has 1 saturated heterocycles. The Morgan fingerprint density at radius 2 is 1.81 bits per heavy atom. The molecule has 1 aliphatic rings. The lowest BCUT2D eigenvalue weighted by Gasteiger charge is -2.23. The van der Waals surface area contributed by atoms with Gasteiger partial charge in [0.15, 0.2) is 5.78 Å². The summed E-state index contributed by atoms with van der Waals surface area (Å²) in [6, 6.07) is 18.1. The van der Waals surface area contributed by atoms with E-state index < -0.39 is 0 Å². The second kappa shape index (κ2) is 5.82. The maximum Gasteiger partial charge on any atom is 0.167 e. The molecule has 1 atom stereocenters. The number of hydrogen-bond donors (Lipinski definition) is 1. The van der Waals surface area contributed by atoms with Gasteiger partial charge in [0, 0.05) is 23.9 Å². The first-order chi connectivity index (χ1) is 10.2. The standard InChI is InChI=1S/C19H21NO/c1-19(11-12-20-14-19)17-9-7-15(8-10-17)13-18(21)16-5-3-2-4-6-16/h2-10,20H,11-14H2,1H3. The van der Waals surface area contributed by atoms with Gasteiger partial charge in [-0.2, -0.15) is 0 Å². The number of rotatable bonds is 4. The van der Waals surface area contributed by atoms with Crippen molar-refractivity contribution in [1.29, 1.82) is 0 Å². The number of carbonyl (C=O) groups is 1. The number of carbonyl (C=O) groups excluding carboxylic acids is 1.